The molecule has 2 amide bonds. The number of rotatable bonds is 15. The summed E-state index contributed by atoms with van der Waals surface area (Å²) in [5.74, 6) is 0.414. The van der Waals surface area contributed by atoms with E-state index in [-0.39, 0.29) is 29.1 Å². The number of nitrogens with zero attached hydrogens (tertiary/aromatic N) is 3. The van der Waals surface area contributed by atoms with Gasteiger partial charge in [-0.25, -0.2) is 0 Å². The minimum atomic E-state index is -4.09. The van der Waals surface area contributed by atoms with Crippen LogP contribution in [0.15, 0.2) is 96.2 Å². The van der Waals surface area contributed by atoms with E-state index in [0.29, 0.717) is 63.2 Å². The third-order valence-electron chi connectivity index (χ3n) is 10.3. The first-order chi connectivity index (χ1) is 27.5. The van der Waals surface area contributed by atoms with Crippen LogP contribution in [0.4, 0.5) is 5.69 Å². The van der Waals surface area contributed by atoms with Gasteiger partial charge < -0.3 is 30.1 Å². The van der Waals surface area contributed by atoms with Crippen molar-refractivity contribution in [2.45, 2.75) is 62.3 Å². The van der Waals surface area contributed by atoms with Crippen molar-refractivity contribution >= 4 is 38.4 Å². The van der Waals surface area contributed by atoms with Crippen LogP contribution in [0.3, 0.4) is 0 Å². The average molecular weight is 798 g/mol. The Morgan fingerprint density at radius 2 is 1.74 bits per heavy atom. The summed E-state index contributed by atoms with van der Waals surface area (Å²) in [7, 11) is -2.18. The maximum Gasteiger partial charge on any atom is 0.294 e. The number of aromatic hydroxyl groups is 1. The molecule has 4 N–H and O–H groups in total. The van der Waals surface area contributed by atoms with Crippen LogP contribution in [0, 0.1) is 0 Å². The molecule has 0 spiro atoms. The van der Waals surface area contributed by atoms with E-state index in [9.17, 15) is 23.1 Å². The Kier molecular flexibility index (Phi) is 14.3. The SMILES string of the molecule is Cn1cc(-c2ccc(CCOCCC(=O)N(CCNCCc3ccc(O)c4c3OCC(=O)N4)C3CCCCC3)cc2)cn1.O=S(=O)(O)c1ccc2ccccc2c1. The van der Waals surface area contributed by atoms with Gasteiger partial charge in [0.15, 0.2) is 12.4 Å². The molecule has 7 rings (SSSR count). The molecular weight excluding hydrogens is 747 g/mol. The predicted octanol–water partition coefficient (Wildman–Crippen LogP) is 6.15. The van der Waals surface area contributed by atoms with Crippen molar-refractivity contribution in [2.75, 3.05) is 44.8 Å². The summed E-state index contributed by atoms with van der Waals surface area (Å²) in [6, 6.07) is 24.0. The molecule has 13 nitrogen and oxygen atoms in total. The number of fused-ring (bicyclic) bond motifs is 2. The summed E-state index contributed by atoms with van der Waals surface area (Å²) >= 11 is 0. The van der Waals surface area contributed by atoms with Crippen molar-refractivity contribution < 1.29 is 37.1 Å². The van der Waals surface area contributed by atoms with Crippen molar-refractivity contribution in [3.8, 4) is 22.6 Å². The number of amides is 2. The Hall–Kier alpha value is -5.28. The van der Waals surface area contributed by atoms with E-state index in [1.54, 1.807) is 22.9 Å². The molecule has 0 bridgehead atoms. The molecule has 5 aromatic rings. The second-order valence-electron chi connectivity index (χ2n) is 14.4. The molecule has 14 heteroatoms. The van der Waals surface area contributed by atoms with E-state index in [1.165, 1.54) is 37.0 Å². The summed E-state index contributed by atoms with van der Waals surface area (Å²) < 4.78 is 43.8. The normalized spacial score (nSPS) is 14.2. The fourth-order valence-corrected chi connectivity index (χ4v) is 7.74. The lowest BCUT2D eigenvalue weighted by molar-refractivity contribution is -0.135. The van der Waals surface area contributed by atoms with Crippen molar-refractivity contribution in [1.29, 1.82) is 0 Å². The first kappa shape index (κ1) is 41.4. The Morgan fingerprint density at radius 3 is 2.47 bits per heavy atom. The number of anilines is 1. The highest BCUT2D eigenvalue weighted by molar-refractivity contribution is 7.85. The van der Waals surface area contributed by atoms with Gasteiger partial charge in [-0.1, -0.05) is 79.9 Å². The van der Waals surface area contributed by atoms with Crippen LogP contribution in [0.25, 0.3) is 21.9 Å². The van der Waals surface area contributed by atoms with Gasteiger partial charge in [-0.15, -0.1) is 0 Å². The zero-order valence-electron chi connectivity index (χ0n) is 32.2. The number of carbonyl (C=O) groups is 2. The van der Waals surface area contributed by atoms with Gasteiger partial charge in [0, 0.05) is 37.9 Å². The first-order valence-corrected chi connectivity index (χ1v) is 20.9. The molecular formula is C43H51N5O8S. The van der Waals surface area contributed by atoms with Crippen LogP contribution >= 0.6 is 0 Å². The maximum absolute atomic E-state index is 13.3. The van der Waals surface area contributed by atoms with Crippen molar-refractivity contribution in [2.24, 2.45) is 7.05 Å². The summed E-state index contributed by atoms with van der Waals surface area (Å²) in [5.41, 5.74) is 4.70. The van der Waals surface area contributed by atoms with Gasteiger partial charge >= 0.3 is 0 Å². The number of hydrogen-bond donors (Lipinski definition) is 4. The summed E-state index contributed by atoms with van der Waals surface area (Å²) in [6.45, 7) is 2.99. The number of nitrogens with one attached hydrogen (secondary N) is 2. The highest BCUT2D eigenvalue weighted by Crippen LogP contribution is 2.39. The summed E-state index contributed by atoms with van der Waals surface area (Å²) in [5, 5.41) is 22.2. The summed E-state index contributed by atoms with van der Waals surface area (Å²) in [4.78, 5) is 26.9. The minimum Gasteiger partial charge on any atom is -0.506 e. The van der Waals surface area contributed by atoms with Crippen LogP contribution in [-0.4, -0.2) is 90.1 Å². The van der Waals surface area contributed by atoms with E-state index in [0.717, 1.165) is 46.7 Å². The number of phenols is 1. The van der Waals surface area contributed by atoms with Crippen molar-refractivity contribution in [3.63, 3.8) is 0 Å². The van der Waals surface area contributed by atoms with Gasteiger partial charge in [0.05, 0.1) is 30.7 Å². The Bertz CT molecular complexity index is 2240. The van der Waals surface area contributed by atoms with Gasteiger partial charge in [-0.2, -0.15) is 13.5 Å². The van der Waals surface area contributed by atoms with Crippen LogP contribution in [0.1, 0.15) is 49.7 Å². The van der Waals surface area contributed by atoms with E-state index < -0.39 is 10.1 Å². The van der Waals surface area contributed by atoms with E-state index in [4.69, 9.17) is 14.0 Å². The van der Waals surface area contributed by atoms with E-state index in [1.807, 2.05) is 43.7 Å². The van der Waals surface area contributed by atoms with Crippen LogP contribution in [-0.2, 0) is 44.3 Å². The molecule has 2 heterocycles. The molecule has 2 aliphatic rings. The lowest BCUT2D eigenvalue weighted by atomic mass is 9.94. The molecule has 302 valence electrons. The average Bonchev–Trinajstić information content (AvgIpc) is 3.66. The standard InChI is InChI=1S/C33H43N5O5.C10H8O3S/c1-37-22-27(21-35-37)25-9-7-24(8-10-25)14-19-42-20-15-31(41)38(28-5-3-2-4-6-28)18-17-34-16-13-26-11-12-29(39)32-33(26)43-23-30(40)36-32;11-14(12,13)10-6-5-8-3-1-2-4-9(8)7-10/h7-12,21-22,28,34,39H,2-6,13-20,23H2,1H3,(H,36,40);1-7H,(H,11,12,13). The third kappa shape index (κ3) is 11.6. The third-order valence-corrected chi connectivity index (χ3v) is 11.1. The fraction of sp³-hybridized carbons (Fsp3) is 0.372. The van der Waals surface area contributed by atoms with Crippen LogP contribution < -0.4 is 15.4 Å². The lowest BCUT2D eigenvalue weighted by Gasteiger charge is -2.34. The summed E-state index contributed by atoms with van der Waals surface area (Å²) in [6.07, 6.45) is 11.4. The number of aryl methyl sites for hydroxylation is 1. The highest BCUT2D eigenvalue weighted by atomic mass is 32.2. The zero-order chi connectivity index (χ0) is 40.2. The van der Waals surface area contributed by atoms with Crippen molar-refractivity contribution in [1.82, 2.24) is 20.0 Å². The molecule has 0 unspecified atom stereocenters. The van der Waals surface area contributed by atoms with Gasteiger partial charge in [0.25, 0.3) is 16.0 Å². The fourth-order valence-electron chi connectivity index (χ4n) is 7.22. The Morgan fingerprint density at radius 1 is 0.965 bits per heavy atom. The molecule has 1 aliphatic carbocycles. The minimum absolute atomic E-state index is 0.000764. The Balaban J connectivity index is 0.000000328. The molecule has 1 aliphatic heterocycles. The molecule has 4 aromatic carbocycles. The molecule has 1 aromatic heterocycles. The number of hydrogen-bond acceptors (Lipinski definition) is 9. The quantitative estimate of drug-likeness (QED) is 0.0547. The molecule has 0 saturated heterocycles. The number of benzene rings is 4. The first-order valence-electron chi connectivity index (χ1n) is 19.4. The van der Waals surface area contributed by atoms with Crippen LogP contribution in [0.2, 0.25) is 0 Å². The zero-order valence-corrected chi connectivity index (χ0v) is 33.0. The van der Waals surface area contributed by atoms with E-state index >= 15 is 0 Å². The predicted molar refractivity (Wildman–Crippen MR) is 219 cm³/mol. The molecule has 1 saturated carbocycles. The number of carbonyl (C=O) groups excluding carboxylic acids is 2. The van der Waals surface area contributed by atoms with Gasteiger partial charge in [-0.05, 0) is 77.9 Å². The lowest BCUT2D eigenvalue weighted by Crippen LogP contribution is -2.45. The van der Waals surface area contributed by atoms with E-state index in [2.05, 4.69) is 44.9 Å². The number of aromatic nitrogens is 2. The van der Waals surface area contributed by atoms with Gasteiger partial charge in [0.2, 0.25) is 5.91 Å². The van der Waals surface area contributed by atoms with Gasteiger partial charge in [0.1, 0.15) is 11.4 Å². The number of ether oxygens (including phenoxy) is 2. The largest absolute Gasteiger partial charge is 0.506 e. The molecule has 1 fully saturated rings. The topological polar surface area (TPSA) is 172 Å². The maximum atomic E-state index is 13.3. The molecule has 57 heavy (non-hydrogen) atoms. The number of phenolic OH excluding ortho intramolecular Hbond substituents is 1. The molecule has 0 atom stereocenters. The monoisotopic (exact) mass is 797 g/mol. The second kappa shape index (κ2) is 19.7. The second-order valence-corrected chi connectivity index (χ2v) is 15.8. The molecule has 0 radical (unpaired) electrons. The highest BCUT2D eigenvalue weighted by Gasteiger charge is 2.25. The van der Waals surface area contributed by atoms with Crippen molar-refractivity contribution in [3.05, 3.63) is 102 Å². The Labute approximate surface area is 333 Å². The van der Waals surface area contributed by atoms with Gasteiger partial charge in [-0.3, -0.25) is 18.8 Å². The smallest absolute Gasteiger partial charge is 0.294 e. The van der Waals surface area contributed by atoms with Crippen LogP contribution in [0.5, 0.6) is 11.5 Å².